The van der Waals surface area contributed by atoms with Crippen LogP contribution in [0.3, 0.4) is 0 Å². The number of carboxylic acids is 3. The highest BCUT2D eigenvalue weighted by atomic mass is 16.5. The molecule has 0 aromatic rings. The molecule has 142 valence electrons. The van der Waals surface area contributed by atoms with E-state index in [1.807, 2.05) is 0 Å². The maximum Gasteiger partial charge on any atom is 0.320 e. The van der Waals surface area contributed by atoms with Crippen LogP contribution in [0.4, 0.5) is 0 Å². The summed E-state index contributed by atoms with van der Waals surface area (Å²) in [6.07, 6.45) is 0. The Morgan fingerprint density at radius 2 is 1.16 bits per heavy atom. The van der Waals surface area contributed by atoms with Gasteiger partial charge in [0.1, 0.15) is 6.61 Å². The number of cyclic esters (lactones) is 1. The third kappa shape index (κ3) is 9.59. The SMILES string of the molecule is O=C(O)CN1CCOC(=O)CN(CC(=O)O)CCN(CC(=O)O)CC1. The summed E-state index contributed by atoms with van der Waals surface area (Å²) in [5.41, 5.74) is 0. The first kappa shape index (κ1) is 20.8. The van der Waals surface area contributed by atoms with Crippen LogP contribution in [0.1, 0.15) is 0 Å². The van der Waals surface area contributed by atoms with Gasteiger partial charge in [-0.15, -0.1) is 0 Å². The minimum Gasteiger partial charge on any atom is -0.480 e. The molecule has 0 unspecified atom stereocenters. The van der Waals surface area contributed by atoms with Crippen LogP contribution >= 0.6 is 0 Å². The van der Waals surface area contributed by atoms with Gasteiger partial charge in [-0.2, -0.15) is 0 Å². The minimum atomic E-state index is -1.10. The Hall–Kier alpha value is -2.24. The first-order valence-electron chi connectivity index (χ1n) is 7.74. The topological polar surface area (TPSA) is 148 Å². The molecule has 0 atom stereocenters. The zero-order valence-electron chi connectivity index (χ0n) is 13.8. The van der Waals surface area contributed by atoms with Crippen LogP contribution in [0.2, 0.25) is 0 Å². The molecule has 0 spiro atoms. The molecule has 0 saturated carbocycles. The number of esters is 1. The fourth-order valence-corrected chi connectivity index (χ4v) is 2.41. The number of carbonyl (C=O) groups is 4. The standard InChI is InChI=1S/C14H23N3O8/c18-11(19)7-15-1-2-16(8-12(20)21)5-6-25-14(24)10-17(4-3-15)9-13(22)23/h1-10H2,(H,18,19)(H,20,21)(H,22,23). The van der Waals surface area contributed by atoms with Crippen LogP contribution in [0.25, 0.3) is 0 Å². The fraction of sp³-hybridized carbons (Fsp3) is 0.714. The largest absolute Gasteiger partial charge is 0.480 e. The van der Waals surface area contributed by atoms with E-state index in [1.165, 1.54) is 4.90 Å². The Kier molecular flexibility index (Phi) is 8.81. The Bertz CT molecular complexity index is 498. The van der Waals surface area contributed by atoms with Crippen LogP contribution in [-0.2, 0) is 23.9 Å². The van der Waals surface area contributed by atoms with E-state index in [1.54, 1.807) is 9.80 Å². The van der Waals surface area contributed by atoms with Crippen molar-refractivity contribution >= 4 is 23.9 Å². The quantitative estimate of drug-likeness (QED) is 0.439. The molecule has 1 heterocycles. The molecule has 0 aliphatic carbocycles. The molecule has 1 fully saturated rings. The number of hydrogen-bond donors (Lipinski definition) is 3. The zero-order valence-corrected chi connectivity index (χ0v) is 13.8. The molecule has 0 bridgehead atoms. The van der Waals surface area contributed by atoms with E-state index in [4.69, 9.17) is 20.1 Å². The van der Waals surface area contributed by atoms with E-state index in [0.717, 1.165) is 0 Å². The third-order valence-corrected chi connectivity index (χ3v) is 3.56. The van der Waals surface area contributed by atoms with Crippen molar-refractivity contribution in [3.05, 3.63) is 0 Å². The Morgan fingerprint density at radius 1 is 0.760 bits per heavy atom. The molecule has 0 radical (unpaired) electrons. The van der Waals surface area contributed by atoms with E-state index >= 15 is 0 Å². The summed E-state index contributed by atoms with van der Waals surface area (Å²) in [7, 11) is 0. The molecule has 0 amide bonds. The van der Waals surface area contributed by atoms with E-state index in [2.05, 4.69) is 0 Å². The molecular weight excluding hydrogens is 338 g/mol. The van der Waals surface area contributed by atoms with Gasteiger partial charge in [0.2, 0.25) is 0 Å². The van der Waals surface area contributed by atoms with Crippen molar-refractivity contribution in [1.82, 2.24) is 14.7 Å². The van der Waals surface area contributed by atoms with Crippen molar-refractivity contribution in [2.75, 3.05) is 65.5 Å². The highest BCUT2D eigenvalue weighted by Gasteiger charge is 2.20. The van der Waals surface area contributed by atoms with Gasteiger partial charge in [-0.25, -0.2) is 0 Å². The van der Waals surface area contributed by atoms with Crippen LogP contribution in [0, 0.1) is 0 Å². The van der Waals surface area contributed by atoms with Gasteiger partial charge in [0.15, 0.2) is 0 Å². The van der Waals surface area contributed by atoms with Crippen LogP contribution in [0.15, 0.2) is 0 Å². The molecule has 25 heavy (non-hydrogen) atoms. The smallest absolute Gasteiger partial charge is 0.320 e. The average molecular weight is 361 g/mol. The summed E-state index contributed by atoms with van der Waals surface area (Å²) in [4.78, 5) is 49.1. The minimum absolute atomic E-state index is 0.0219. The van der Waals surface area contributed by atoms with Crippen molar-refractivity contribution in [1.29, 1.82) is 0 Å². The fourth-order valence-electron chi connectivity index (χ4n) is 2.41. The van der Waals surface area contributed by atoms with Gasteiger partial charge >= 0.3 is 23.9 Å². The summed E-state index contributed by atoms with van der Waals surface area (Å²) in [6, 6.07) is 0. The molecular formula is C14H23N3O8. The normalized spacial score (nSPS) is 19.4. The van der Waals surface area contributed by atoms with Crippen molar-refractivity contribution in [3.8, 4) is 0 Å². The second-order valence-electron chi connectivity index (χ2n) is 5.66. The molecule has 11 nitrogen and oxygen atoms in total. The second kappa shape index (κ2) is 10.6. The first-order valence-corrected chi connectivity index (χ1v) is 7.74. The number of rotatable bonds is 6. The molecule has 1 aliphatic rings. The van der Waals surface area contributed by atoms with Gasteiger partial charge in [-0.3, -0.25) is 33.9 Å². The lowest BCUT2D eigenvalue weighted by molar-refractivity contribution is -0.148. The van der Waals surface area contributed by atoms with Gasteiger partial charge in [-0.05, 0) is 0 Å². The van der Waals surface area contributed by atoms with E-state index in [9.17, 15) is 19.2 Å². The van der Waals surface area contributed by atoms with Crippen LogP contribution in [0.5, 0.6) is 0 Å². The van der Waals surface area contributed by atoms with Crippen LogP contribution in [-0.4, -0.2) is 119 Å². The second-order valence-corrected chi connectivity index (χ2v) is 5.66. The van der Waals surface area contributed by atoms with E-state index in [-0.39, 0.29) is 59.0 Å². The number of ether oxygens (including phenoxy) is 1. The summed E-state index contributed by atoms with van der Waals surface area (Å²) < 4.78 is 5.01. The monoisotopic (exact) mass is 361 g/mol. The highest BCUT2D eigenvalue weighted by molar-refractivity contribution is 5.74. The van der Waals surface area contributed by atoms with Gasteiger partial charge in [0.05, 0.1) is 26.2 Å². The van der Waals surface area contributed by atoms with Crippen molar-refractivity contribution in [2.24, 2.45) is 0 Å². The summed E-state index contributed by atoms with van der Waals surface area (Å²) >= 11 is 0. The molecule has 0 aromatic heterocycles. The summed E-state index contributed by atoms with van der Waals surface area (Å²) in [5.74, 6) is -3.78. The number of carboxylic acid groups (broad SMARTS) is 3. The molecule has 1 aliphatic heterocycles. The predicted molar refractivity (Wildman–Crippen MR) is 83.2 cm³/mol. The molecule has 11 heteroatoms. The van der Waals surface area contributed by atoms with Crippen molar-refractivity contribution < 1.29 is 39.2 Å². The summed E-state index contributed by atoms with van der Waals surface area (Å²) in [6.45, 7) is 0.0683. The van der Waals surface area contributed by atoms with Gasteiger partial charge in [0, 0.05) is 32.7 Å². The Balaban J connectivity index is 2.79. The van der Waals surface area contributed by atoms with Crippen molar-refractivity contribution in [3.63, 3.8) is 0 Å². The number of carbonyl (C=O) groups excluding carboxylic acids is 1. The highest BCUT2D eigenvalue weighted by Crippen LogP contribution is 1.99. The van der Waals surface area contributed by atoms with Gasteiger partial charge in [0.25, 0.3) is 0 Å². The molecule has 1 saturated heterocycles. The lowest BCUT2D eigenvalue weighted by atomic mass is 10.3. The lowest BCUT2D eigenvalue weighted by Gasteiger charge is -2.29. The van der Waals surface area contributed by atoms with E-state index < -0.39 is 23.9 Å². The van der Waals surface area contributed by atoms with Gasteiger partial charge in [-0.1, -0.05) is 0 Å². The van der Waals surface area contributed by atoms with Gasteiger partial charge < -0.3 is 20.1 Å². The summed E-state index contributed by atoms with van der Waals surface area (Å²) in [5, 5.41) is 26.8. The molecule has 1 rings (SSSR count). The third-order valence-electron chi connectivity index (χ3n) is 3.56. The number of nitrogens with zero attached hydrogens (tertiary/aromatic N) is 3. The zero-order chi connectivity index (χ0) is 18.8. The average Bonchev–Trinajstić information content (AvgIpc) is 2.46. The maximum atomic E-state index is 11.8. The number of hydrogen-bond acceptors (Lipinski definition) is 8. The van der Waals surface area contributed by atoms with Crippen molar-refractivity contribution in [2.45, 2.75) is 0 Å². The Morgan fingerprint density at radius 3 is 1.64 bits per heavy atom. The number of aliphatic carboxylic acids is 3. The first-order chi connectivity index (χ1) is 11.8. The maximum absolute atomic E-state index is 11.8. The Labute approximate surface area is 144 Å². The lowest BCUT2D eigenvalue weighted by Crippen LogP contribution is -2.46. The predicted octanol–water partition coefficient (Wildman–Crippen LogP) is -2.30. The van der Waals surface area contributed by atoms with E-state index in [0.29, 0.717) is 6.54 Å². The molecule has 3 N–H and O–H groups in total. The molecule has 0 aromatic carbocycles. The van der Waals surface area contributed by atoms with Crippen LogP contribution < -0.4 is 0 Å².